The average molecular weight is 228 g/mol. The quantitative estimate of drug-likeness (QED) is 0.745. The summed E-state index contributed by atoms with van der Waals surface area (Å²) in [6.45, 7) is 1.50. The minimum Gasteiger partial charge on any atom is -0.339 e. The summed E-state index contributed by atoms with van der Waals surface area (Å²) < 4.78 is 0. The van der Waals surface area contributed by atoms with E-state index in [1.54, 1.807) is 0 Å². The zero-order chi connectivity index (χ0) is 12.1. The average Bonchev–Trinajstić information content (AvgIpc) is 2.51. The molecule has 0 spiro atoms. The first-order valence-corrected chi connectivity index (χ1v) is 6.07. The molecule has 0 fully saturated rings. The lowest BCUT2D eigenvalue weighted by Crippen LogP contribution is -2.31. The van der Waals surface area contributed by atoms with Crippen LogP contribution in [-0.2, 0) is 6.42 Å². The highest BCUT2D eigenvalue weighted by Gasteiger charge is 2.21. The Morgan fingerprint density at radius 3 is 3.00 bits per heavy atom. The van der Waals surface area contributed by atoms with Crippen LogP contribution in [0.3, 0.4) is 0 Å². The molecule has 0 saturated carbocycles. The molecule has 3 nitrogen and oxygen atoms in total. The number of unbranched alkanes of at least 4 members (excludes halogenated alkanes) is 1. The van der Waals surface area contributed by atoms with Crippen LogP contribution < -0.4 is 0 Å². The fourth-order valence-electron chi connectivity index (χ4n) is 2.24. The standard InChI is InChI=1S/C14H16N2O/c15-9-3-4-10-16-11-5-7-12-6-1-2-8-13(12)14(16)17/h1-2,6,8H,3-5,7,10-11H2. The van der Waals surface area contributed by atoms with Gasteiger partial charge < -0.3 is 4.90 Å². The van der Waals surface area contributed by atoms with Crippen LogP contribution in [-0.4, -0.2) is 23.9 Å². The molecule has 1 heterocycles. The molecule has 0 aromatic heterocycles. The van der Waals surface area contributed by atoms with Crippen LogP contribution in [0.1, 0.15) is 35.2 Å². The molecule has 2 rings (SSSR count). The zero-order valence-corrected chi connectivity index (χ0v) is 9.85. The van der Waals surface area contributed by atoms with E-state index in [1.165, 1.54) is 0 Å². The number of rotatable bonds is 3. The van der Waals surface area contributed by atoms with E-state index in [9.17, 15) is 4.79 Å². The Morgan fingerprint density at radius 2 is 2.18 bits per heavy atom. The van der Waals surface area contributed by atoms with Crippen molar-refractivity contribution < 1.29 is 4.79 Å². The van der Waals surface area contributed by atoms with Gasteiger partial charge in [0.05, 0.1) is 6.07 Å². The van der Waals surface area contributed by atoms with Crippen LogP contribution in [0.5, 0.6) is 0 Å². The molecule has 1 aliphatic heterocycles. The highest BCUT2D eigenvalue weighted by molar-refractivity contribution is 5.96. The van der Waals surface area contributed by atoms with Gasteiger partial charge in [0.1, 0.15) is 0 Å². The number of carbonyl (C=O) groups is 1. The van der Waals surface area contributed by atoms with Gasteiger partial charge >= 0.3 is 0 Å². The number of amides is 1. The van der Waals surface area contributed by atoms with Crippen LogP contribution in [0.2, 0.25) is 0 Å². The summed E-state index contributed by atoms with van der Waals surface area (Å²) in [6.07, 6.45) is 3.27. The Kier molecular flexibility index (Phi) is 3.77. The van der Waals surface area contributed by atoms with Crippen molar-refractivity contribution in [3.8, 4) is 6.07 Å². The molecule has 0 aliphatic carbocycles. The largest absolute Gasteiger partial charge is 0.339 e. The van der Waals surface area contributed by atoms with Crippen molar-refractivity contribution in [2.45, 2.75) is 25.7 Å². The first-order chi connectivity index (χ1) is 8.33. The van der Waals surface area contributed by atoms with Gasteiger partial charge in [-0.1, -0.05) is 18.2 Å². The fraction of sp³-hybridized carbons (Fsp3) is 0.429. The summed E-state index contributed by atoms with van der Waals surface area (Å²) in [5, 5.41) is 8.52. The van der Waals surface area contributed by atoms with Gasteiger partial charge in [0, 0.05) is 25.1 Å². The Bertz CT molecular complexity index is 448. The van der Waals surface area contributed by atoms with E-state index in [0.29, 0.717) is 13.0 Å². The summed E-state index contributed by atoms with van der Waals surface area (Å²) >= 11 is 0. The molecule has 88 valence electrons. The molecule has 0 saturated heterocycles. The molecule has 0 N–H and O–H groups in total. The highest BCUT2D eigenvalue weighted by Crippen LogP contribution is 2.18. The summed E-state index contributed by atoms with van der Waals surface area (Å²) in [6, 6.07) is 9.95. The predicted molar refractivity (Wildman–Crippen MR) is 65.5 cm³/mol. The van der Waals surface area contributed by atoms with Crippen molar-refractivity contribution >= 4 is 5.91 Å². The molecule has 3 heteroatoms. The predicted octanol–water partition coefficient (Wildman–Crippen LogP) is 2.38. The first-order valence-electron chi connectivity index (χ1n) is 6.07. The maximum atomic E-state index is 12.3. The van der Waals surface area contributed by atoms with E-state index in [-0.39, 0.29) is 5.91 Å². The molecule has 1 aromatic carbocycles. The lowest BCUT2D eigenvalue weighted by Gasteiger charge is -2.20. The maximum Gasteiger partial charge on any atom is 0.254 e. The summed E-state index contributed by atoms with van der Waals surface area (Å²) in [5.74, 6) is 0.121. The minimum atomic E-state index is 0.121. The van der Waals surface area contributed by atoms with E-state index in [2.05, 4.69) is 6.07 Å². The van der Waals surface area contributed by atoms with Crippen molar-refractivity contribution in [3.05, 3.63) is 35.4 Å². The van der Waals surface area contributed by atoms with Gasteiger partial charge in [-0.2, -0.15) is 5.26 Å². The lowest BCUT2D eigenvalue weighted by atomic mass is 10.0. The number of nitriles is 1. The second-order valence-corrected chi connectivity index (χ2v) is 4.31. The Balaban J connectivity index is 2.12. The number of aryl methyl sites for hydroxylation is 1. The number of hydrogen-bond donors (Lipinski definition) is 0. The van der Waals surface area contributed by atoms with Gasteiger partial charge in [0.15, 0.2) is 0 Å². The molecule has 0 unspecified atom stereocenters. The number of carbonyl (C=O) groups excluding carboxylic acids is 1. The van der Waals surface area contributed by atoms with Crippen LogP contribution in [0.4, 0.5) is 0 Å². The molecule has 1 amide bonds. The molecular formula is C14H16N2O. The van der Waals surface area contributed by atoms with Crippen LogP contribution in [0.25, 0.3) is 0 Å². The van der Waals surface area contributed by atoms with E-state index in [1.807, 2.05) is 29.2 Å². The molecule has 1 aromatic rings. The van der Waals surface area contributed by atoms with Crippen molar-refractivity contribution in [3.63, 3.8) is 0 Å². The van der Waals surface area contributed by atoms with Crippen molar-refractivity contribution in [1.82, 2.24) is 4.90 Å². The summed E-state index contributed by atoms with van der Waals surface area (Å²) in [7, 11) is 0. The monoisotopic (exact) mass is 228 g/mol. The SMILES string of the molecule is N#CCCCN1CCCc2ccccc2C1=O. The second kappa shape index (κ2) is 5.49. The Hall–Kier alpha value is -1.82. The van der Waals surface area contributed by atoms with Gasteiger partial charge in [-0.15, -0.1) is 0 Å². The van der Waals surface area contributed by atoms with Crippen molar-refractivity contribution in [2.24, 2.45) is 0 Å². The molecule has 1 aliphatic rings. The van der Waals surface area contributed by atoms with Crippen molar-refractivity contribution in [1.29, 1.82) is 5.26 Å². The van der Waals surface area contributed by atoms with E-state index >= 15 is 0 Å². The van der Waals surface area contributed by atoms with E-state index in [0.717, 1.165) is 36.9 Å². The zero-order valence-electron chi connectivity index (χ0n) is 9.85. The Labute approximate surface area is 102 Å². The third kappa shape index (κ3) is 2.65. The molecule has 0 atom stereocenters. The van der Waals surface area contributed by atoms with Gasteiger partial charge in [0.2, 0.25) is 0 Å². The molecular weight excluding hydrogens is 212 g/mol. The highest BCUT2D eigenvalue weighted by atomic mass is 16.2. The summed E-state index contributed by atoms with van der Waals surface area (Å²) in [4.78, 5) is 14.2. The smallest absolute Gasteiger partial charge is 0.254 e. The normalized spacial score (nSPS) is 15.0. The van der Waals surface area contributed by atoms with Crippen LogP contribution >= 0.6 is 0 Å². The van der Waals surface area contributed by atoms with Crippen LogP contribution in [0, 0.1) is 11.3 Å². The maximum absolute atomic E-state index is 12.3. The first kappa shape index (κ1) is 11.7. The minimum absolute atomic E-state index is 0.121. The number of fused-ring (bicyclic) bond motifs is 1. The van der Waals surface area contributed by atoms with Gasteiger partial charge in [-0.25, -0.2) is 0 Å². The number of hydrogen-bond acceptors (Lipinski definition) is 2. The van der Waals surface area contributed by atoms with E-state index in [4.69, 9.17) is 5.26 Å². The summed E-state index contributed by atoms with van der Waals surface area (Å²) in [5.41, 5.74) is 1.99. The van der Waals surface area contributed by atoms with Gasteiger partial charge in [-0.3, -0.25) is 4.79 Å². The third-order valence-corrected chi connectivity index (χ3v) is 3.13. The van der Waals surface area contributed by atoms with Gasteiger partial charge in [-0.05, 0) is 30.9 Å². The molecule has 0 radical (unpaired) electrons. The number of benzene rings is 1. The topological polar surface area (TPSA) is 44.1 Å². The van der Waals surface area contributed by atoms with Crippen LogP contribution in [0.15, 0.2) is 24.3 Å². The van der Waals surface area contributed by atoms with Gasteiger partial charge in [0.25, 0.3) is 5.91 Å². The fourth-order valence-corrected chi connectivity index (χ4v) is 2.24. The second-order valence-electron chi connectivity index (χ2n) is 4.31. The molecule has 17 heavy (non-hydrogen) atoms. The third-order valence-electron chi connectivity index (χ3n) is 3.13. The van der Waals surface area contributed by atoms with Crippen molar-refractivity contribution in [2.75, 3.05) is 13.1 Å². The molecule has 0 bridgehead atoms. The van der Waals surface area contributed by atoms with E-state index < -0.39 is 0 Å². The lowest BCUT2D eigenvalue weighted by molar-refractivity contribution is 0.0759. The number of nitrogens with zero attached hydrogens (tertiary/aromatic N) is 2. The Morgan fingerprint density at radius 1 is 1.35 bits per heavy atom.